The van der Waals surface area contributed by atoms with Crippen molar-refractivity contribution in [3.8, 4) is 5.75 Å². The normalized spacial score (nSPS) is 11.4. The zero-order valence-corrected chi connectivity index (χ0v) is 12.0. The predicted octanol–water partition coefficient (Wildman–Crippen LogP) is 4.51. The molecule has 2 aromatic rings. The Morgan fingerprint density at radius 1 is 1.20 bits per heavy atom. The van der Waals surface area contributed by atoms with E-state index in [9.17, 15) is 0 Å². The standard InChI is InChI=1S/C16H16ClNO2/c1-2-16(18-19)13-6-8-15(9-7-13)20-11-12-4-3-5-14(17)10-12/h3-10,19H,2,11H2,1H3/b18-16+. The number of hydrogen-bond donors (Lipinski definition) is 1. The number of ether oxygens (including phenoxy) is 1. The van der Waals surface area contributed by atoms with Crippen LogP contribution in [-0.2, 0) is 6.61 Å². The van der Waals surface area contributed by atoms with Crippen molar-refractivity contribution >= 4 is 17.3 Å². The van der Waals surface area contributed by atoms with Crippen molar-refractivity contribution in [2.24, 2.45) is 5.16 Å². The summed E-state index contributed by atoms with van der Waals surface area (Å²) in [6.07, 6.45) is 0.680. The number of nitrogens with zero attached hydrogens (tertiary/aromatic N) is 1. The molecule has 0 unspecified atom stereocenters. The Morgan fingerprint density at radius 2 is 1.95 bits per heavy atom. The van der Waals surface area contributed by atoms with E-state index < -0.39 is 0 Å². The summed E-state index contributed by atoms with van der Waals surface area (Å²) in [4.78, 5) is 0. The summed E-state index contributed by atoms with van der Waals surface area (Å²) in [5, 5.41) is 12.8. The van der Waals surface area contributed by atoms with Crippen LogP contribution in [0.5, 0.6) is 5.75 Å². The fourth-order valence-electron chi connectivity index (χ4n) is 1.87. The van der Waals surface area contributed by atoms with E-state index >= 15 is 0 Å². The van der Waals surface area contributed by atoms with Crippen LogP contribution in [0.3, 0.4) is 0 Å². The molecule has 3 nitrogen and oxygen atoms in total. The van der Waals surface area contributed by atoms with Crippen molar-refractivity contribution < 1.29 is 9.94 Å². The van der Waals surface area contributed by atoms with Gasteiger partial charge in [0.05, 0.1) is 5.71 Å². The van der Waals surface area contributed by atoms with Crippen molar-refractivity contribution in [1.29, 1.82) is 0 Å². The highest BCUT2D eigenvalue weighted by molar-refractivity contribution is 6.30. The molecule has 0 amide bonds. The lowest BCUT2D eigenvalue weighted by Crippen LogP contribution is -1.99. The second-order valence-electron chi connectivity index (χ2n) is 4.34. The summed E-state index contributed by atoms with van der Waals surface area (Å²) < 4.78 is 5.69. The fourth-order valence-corrected chi connectivity index (χ4v) is 2.08. The SMILES string of the molecule is CC/C(=N\O)c1ccc(OCc2cccc(Cl)c2)cc1. The maximum Gasteiger partial charge on any atom is 0.119 e. The van der Waals surface area contributed by atoms with Crippen LogP contribution in [-0.4, -0.2) is 10.9 Å². The van der Waals surface area contributed by atoms with E-state index in [-0.39, 0.29) is 0 Å². The molecular weight excluding hydrogens is 274 g/mol. The Labute approximate surface area is 123 Å². The lowest BCUT2D eigenvalue weighted by atomic mass is 10.1. The molecule has 2 aromatic carbocycles. The van der Waals surface area contributed by atoms with Gasteiger partial charge in [-0.1, -0.05) is 35.8 Å². The number of hydrogen-bond acceptors (Lipinski definition) is 3. The van der Waals surface area contributed by atoms with E-state index in [1.54, 1.807) is 0 Å². The van der Waals surface area contributed by atoms with E-state index in [1.165, 1.54) is 0 Å². The van der Waals surface area contributed by atoms with Gasteiger partial charge in [0, 0.05) is 5.02 Å². The Bertz CT molecular complexity index is 594. The van der Waals surface area contributed by atoms with Crippen LogP contribution in [0.1, 0.15) is 24.5 Å². The monoisotopic (exact) mass is 289 g/mol. The second-order valence-corrected chi connectivity index (χ2v) is 4.78. The highest BCUT2D eigenvalue weighted by Crippen LogP contribution is 2.17. The van der Waals surface area contributed by atoms with Crippen LogP contribution >= 0.6 is 11.6 Å². The van der Waals surface area contributed by atoms with Crippen molar-refractivity contribution in [3.05, 3.63) is 64.7 Å². The second kappa shape index (κ2) is 6.96. The summed E-state index contributed by atoms with van der Waals surface area (Å²) in [7, 11) is 0. The summed E-state index contributed by atoms with van der Waals surface area (Å²) in [6.45, 7) is 2.41. The van der Waals surface area contributed by atoms with Gasteiger partial charge in [0.25, 0.3) is 0 Å². The predicted molar refractivity (Wildman–Crippen MR) is 80.8 cm³/mol. The minimum absolute atomic E-state index is 0.467. The molecule has 0 aromatic heterocycles. The van der Waals surface area contributed by atoms with Crippen LogP contribution in [0.25, 0.3) is 0 Å². The Hall–Kier alpha value is -2.00. The first kappa shape index (κ1) is 14.4. The highest BCUT2D eigenvalue weighted by Gasteiger charge is 2.02. The van der Waals surface area contributed by atoms with Crippen LogP contribution in [0.4, 0.5) is 0 Å². The third kappa shape index (κ3) is 3.75. The molecule has 4 heteroatoms. The number of halogens is 1. The average molecular weight is 290 g/mol. The van der Waals surface area contributed by atoms with E-state index in [4.69, 9.17) is 21.5 Å². The molecule has 0 aliphatic heterocycles. The van der Waals surface area contributed by atoms with Crippen molar-refractivity contribution in [2.75, 3.05) is 0 Å². The minimum Gasteiger partial charge on any atom is -0.489 e. The Kier molecular flexibility index (Phi) is 5.02. The van der Waals surface area contributed by atoms with Gasteiger partial charge < -0.3 is 9.94 Å². The van der Waals surface area contributed by atoms with E-state index in [0.717, 1.165) is 16.9 Å². The molecule has 0 radical (unpaired) electrons. The molecule has 0 saturated heterocycles. The highest BCUT2D eigenvalue weighted by atomic mass is 35.5. The van der Waals surface area contributed by atoms with Gasteiger partial charge in [0.2, 0.25) is 0 Å². The number of benzene rings is 2. The maximum absolute atomic E-state index is 8.87. The molecule has 2 rings (SSSR count). The molecule has 104 valence electrons. The molecule has 0 aliphatic carbocycles. The zero-order valence-electron chi connectivity index (χ0n) is 11.2. The number of rotatable bonds is 5. The van der Waals surface area contributed by atoms with Crippen LogP contribution in [0, 0.1) is 0 Å². The molecular formula is C16H16ClNO2. The van der Waals surface area contributed by atoms with E-state index in [1.807, 2.05) is 55.5 Å². The van der Waals surface area contributed by atoms with Crippen molar-refractivity contribution in [1.82, 2.24) is 0 Å². The molecule has 0 aliphatic rings. The molecule has 0 saturated carbocycles. The zero-order chi connectivity index (χ0) is 14.4. The minimum atomic E-state index is 0.467. The Balaban J connectivity index is 2.01. The van der Waals surface area contributed by atoms with Gasteiger partial charge in [-0.3, -0.25) is 0 Å². The smallest absolute Gasteiger partial charge is 0.119 e. The van der Waals surface area contributed by atoms with Gasteiger partial charge in [-0.2, -0.15) is 0 Å². The van der Waals surface area contributed by atoms with Gasteiger partial charge in [-0.05, 0) is 53.9 Å². The van der Waals surface area contributed by atoms with Crippen LogP contribution < -0.4 is 4.74 Å². The van der Waals surface area contributed by atoms with Gasteiger partial charge in [0.15, 0.2) is 0 Å². The van der Waals surface area contributed by atoms with E-state index in [0.29, 0.717) is 23.8 Å². The van der Waals surface area contributed by atoms with Crippen LogP contribution in [0.2, 0.25) is 5.02 Å². The molecule has 1 N–H and O–H groups in total. The van der Waals surface area contributed by atoms with Crippen LogP contribution in [0.15, 0.2) is 53.7 Å². The molecule has 0 atom stereocenters. The van der Waals surface area contributed by atoms with Crippen molar-refractivity contribution in [2.45, 2.75) is 20.0 Å². The summed E-state index contributed by atoms with van der Waals surface area (Å²) in [5.41, 5.74) is 2.57. The molecule has 0 bridgehead atoms. The maximum atomic E-state index is 8.87. The molecule has 0 fully saturated rings. The molecule has 20 heavy (non-hydrogen) atoms. The van der Waals surface area contributed by atoms with E-state index in [2.05, 4.69) is 5.16 Å². The van der Waals surface area contributed by atoms with Gasteiger partial charge >= 0.3 is 0 Å². The first-order valence-corrected chi connectivity index (χ1v) is 6.79. The topological polar surface area (TPSA) is 41.8 Å². The average Bonchev–Trinajstić information content (AvgIpc) is 2.48. The number of oxime groups is 1. The lowest BCUT2D eigenvalue weighted by Gasteiger charge is -2.08. The molecule has 0 heterocycles. The fraction of sp³-hybridized carbons (Fsp3) is 0.188. The first-order valence-electron chi connectivity index (χ1n) is 6.41. The summed E-state index contributed by atoms with van der Waals surface area (Å²) in [5.74, 6) is 0.766. The third-order valence-corrected chi connectivity index (χ3v) is 3.17. The van der Waals surface area contributed by atoms with Crippen molar-refractivity contribution in [3.63, 3.8) is 0 Å². The van der Waals surface area contributed by atoms with Gasteiger partial charge in [-0.25, -0.2) is 0 Å². The largest absolute Gasteiger partial charge is 0.489 e. The summed E-state index contributed by atoms with van der Waals surface area (Å²) >= 11 is 5.92. The first-order chi connectivity index (χ1) is 9.72. The Morgan fingerprint density at radius 3 is 2.55 bits per heavy atom. The third-order valence-electron chi connectivity index (χ3n) is 2.94. The van der Waals surface area contributed by atoms with Gasteiger partial charge in [-0.15, -0.1) is 0 Å². The van der Waals surface area contributed by atoms with Gasteiger partial charge in [0.1, 0.15) is 12.4 Å². The quantitative estimate of drug-likeness (QED) is 0.500. The lowest BCUT2D eigenvalue weighted by molar-refractivity contribution is 0.306. The summed E-state index contributed by atoms with van der Waals surface area (Å²) in [6, 6.07) is 15.1. The molecule has 0 spiro atoms.